The first-order valence-corrected chi connectivity index (χ1v) is 7.68. The topological polar surface area (TPSA) is 50.1 Å². The van der Waals surface area contributed by atoms with Gasteiger partial charge in [-0.1, -0.05) is 13.8 Å². The molecule has 1 heterocycles. The minimum absolute atomic E-state index is 0.0128. The number of nitrogens with zero attached hydrogens (tertiary/aromatic N) is 2. The SMILES string of the molecule is CCC(CC)n1ccc(CC(C)(O)CNC(C)(C)C)n1. The minimum atomic E-state index is -0.777. The summed E-state index contributed by atoms with van der Waals surface area (Å²) >= 11 is 0. The molecule has 20 heavy (non-hydrogen) atoms. The molecule has 0 spiro atoms. The number of aromatic nitrogens is 2. The molecule has 0 aliphatic carbocycles. The Hall–Kier alpha value is -0.870. The van der Waals surface area contributed by atoms with Gasteiger partial charge in [-0.05, 0) is 46.6 Å². The molecule has 1 unspecified atom stereocenters. The molecule has 116 valence electrons. The lowest BCUT2D eigenvalue weighted by atomic mass is 9.98. The fraction of sp³-hybridized carbons (Fsp3) is 0.812. The Morgan fingerprint density at radius 1 is 1.25 bits per heavy atom. The van der Waals surface area contributed by atoms with E-state index in [2.05, 4.69) is 45.0 Å². The molecule has 0 saturated heterocycles. The maximum absolute atomic E-state index is 10.5. The van der Waals surface area contributed by atoms with Crippen LogP contribution in [0.25, 0.3) is 0 Å². The number of nitrogens with one attached hydrogen (secondary N) is 1. The summed E-state index contributed by atoms with van der Waals surface area (Å²) in [4.78, 5) is 0. The van der Waals surface area contributed by atoms with Gasteiger partial charge in [-0.25, -0.2) is 0 Å². The van der Waals surface area contributed by atoms with Gasteiger partial charge >= 0.3 is 0 Å². The molecule has 0 aliphatic heterocycles. The van der Waals surface area contributed by atoms with Crippen LogP contribution in [-0.2, 0) is 6.42 Å². The van der Waals surface area contributed by atoms with E-state index in [9.17, 15) is 5.11 Å². The molecule has 1 rings (SSSR count). The quantitative estimate of drug-likeness (QED) is 0.808. The molecule has 0 saturated carbocycles. The van der Waals surface area contributed by atoms with Crippen LogP contribution in [0.3, 0.4) is 0 Å². The lowest BCUT2D eigenvalue weighted by Gasteiger charge is -2.29. The van der Waals surface area contributed by atoms with E-state index < -0.39 is 5.60 Å². The first kappa shape index (κ1) is 17.2. The van der Waals surface area contributed by atoms with Crippen molar-refractivity contribution in [3.8, 4) is 0 Å². The highest BCUT2D eigenvalue weighted by Gasteiger charge is 2.24. The van der Waals surface area contributed by atoms with Gasteiger partial charge in [-0.3, -0.25) is 4.68 Å². The minimum Gasteiger partial charge on any atom is -0.388 e. The van der Waals surface area contributed by atoms with Crippen molar-refractivity contribution in [2.75, 3.05) is 6.54 Å². The third kappa shape index (κ3) is 5.63. The van der Waals surface area contributed by atoms with Crippen molar-refractivity contribution in [1.82, 2.24) is 15.1 Å². The van der Waals surface area contributed by atoms with Gasteiger partial charge in [0, 0.05) is 24.7 Å². The second-order valence-electron chi connectivity index (χ2n) is 7.03. The Morgan fingerprint density at radius 2 is 1.85 bits per heavy atom. The van der Waals surface area contributed by atoms with E-state index in [1.807, 2.05) is 23.9 Å². The first-order valence-electron chi connectivity index (χ1n) is 7.68. The molecule has 0 amide bonds. The fourth-order valence-electron chi connectivity index (χ4n) is 2.25. The van der Waals surface area contributed by atoms with Crippen molar-refractivity contribution in [1.29, 1.82) is 0 Å². The van der Waals surface area contributed by atoms with E-state index in [0.29, 0.717) is 19.0 Å². The molecule has 0 aromatic carbocycles. The van der Waals surface area contributed by atoms with Crippen LogP contribution in [0, 0.1) is 0 Å². The molecule has 1 aromatic heterocycles. The Balaban J connectivity index is 2.63. The highest BCUT2D eigenvalue weighted by molar-refractivity contribution is 5.04. The second kappa shape index (κ2) is 6.72. The molecule has 0 bridgehead atoms. The van der Waals surface area contributed by atoms with E-state index in [1.165, 1.54) is 0 Å². The highest BCUT2D eigenvalue weighted by Crippen LogP contribution is 2.17. The molecule has 0 radical (unpaired) electrons. The summed E-state index contributed by atoms with van der Waals surface area (Å²) in [6, 6.07) is 2.48. The van der Waals surface area contributed by atoms with Gasteiger partial charge in [-0.15, -0.1) is 0 Å². The maximum atomic E-state index is 10.5. The van der Waals surface area contributed by atoms with Crippen molar-refractivity contribution in [2.24, 2.45) is 0 Å². The van der Waals surface area contributed by atoms with E-state index in [1.54, 1.807) is 0 Å². The van der Waals surface area contributed by atoms with Gasteiger partial charge in [0.1, 0.15) is 0 Å². The highest BCUT2D eigenvalue weighted by atomic mass is 16.3. The lowest BCUT2D eigenvalue weighted by Crippen LogP contribution is -2.47. The monoisotopic (exact) mass is 281 g/mol. The van der Waals surface area contributed by atoms with Gasteiger partial charge < -0.3 is 10.4 Å². The molecule has 1 atom stereocenters. The normalized spacial score (nSPS) is 15.6. The van der Waals surface area contributed by atoms with Crippen molar-refractivity contribution in [2.45, 2.75) is 78.0 Å². The van der Waals surface area contributed by atoms with Crippen LogP contribution >= 0.6 is 0 Å². The van der Waals surface area contributed by atoms with Crippen LogP contribution in [0.15, 0.2) is 12.3 Å². The summed E-state index contributed by atoms with van der Waals surface area (Å²) in [5.74, 6) is 0. The maximum Gasteiger partial charge on any atom is 0.0799 e. The molecular weight excluding hydrogens is 250 g/mol. The van der Waals surface area contributed by atoms with Crippen molar-refractivity contribution in [3.63, 3.8) is 0 Å². The van der Waals surface area contributed by atoms with Gasteiger partial charge in [0.05, 0.1) is 17.3 Å². The van der Waals surface area contributed by atoms with Crippen LogP contribution in [0.2, 0.25) is 0 Å². The fourth-order valence-corrected chi connectivity index (χ4v) is 2.25. The lowest BCUT2D eigenvalue weighted by molar-refractivity contribution is 0.0523. The van der Waals surface area contributed by atoms with Gasteiger partial charge in [0.2, 0.25) is 0 Å². The van der Waals surface area contributed by atoms with E-state index >= 15 is 0 Å². The molecule has 4 heteroatoms. The van der Waals surface area contributed by atoms with E-state index in [4.69, 9.17) is 0 Å². The van der Waals surface area contributed by atoms with E-state index in [0.717, 1.165) is 18.5 Å². The average molecular weight is 281 g/mol. The molecule has 0 fully saturated rings. The van der Waals surface area contributed by atoms with Crippen LogP contribution in [0.5, 0.6) is 0 Å². The Morgan fingerprint density at radius 3 is 2.35 bits per heavy atom. The molecule has 1 aromatic rings. The Bertz CT molecular complexity index is 400. The van der Waals surface area contributed by atoms with Crippen molar-refractivity contribution in [3.05, 3.63) is 18.0 Å². The van der Waals surface area contributed by atoms with Gasteiger partial charge in [-0.2, -0.15) is 5.10 Å². The molecule has 2 N–H and O–H groups in total. The smallest absolute Gasteiger partial charge is 0.0799 e. The number of rotatable bonds is 7. The zero-order chi connectivity index (χ0) is 15.4. The average Bonchev–Trinajstić information content (AvgIpc) is 2.75. The summed E-state index contributed by atoms with van der Waals surface area (Å²) in [7, 11) is 0. The number of β-amino-alcohol motifs (C(OH)–C–C–N with tert-alkyl or cyclic N) is 1. The predicted octanol–water partition coefficient (Wildman–Crippen LogP) is 2.93. The number of aliphatic hydroxyl groups is 1. The summed E-state index contributed by atoms with van der Waals surface area (Å²) in [5, 5.41) is 18.4. The van der Waals surface area contributed by atoms with E-state index in [-0.39, 0.29) is 5.54 Å². The van der Waals surface area contributed by atoms with Crippen molar-refractivity contribution < 1.29 is 5.11 Å². The van der Waals surface area contributed by atoms with Gasteiger partial charge in [0.25, 0.3) is 0 Å². The van der Waals surface area contributed by atoms with Crippen LogP contribution < -0.4 is 5.32 Å². The molecule has 4 nitrogen and oxygen atoms in total. The third-order valence-electron chi connectivity index (χ3n) is 3.54. The zero-order valence-electron chi connectivity index (χ0n) is 13.9. The summed E-state index contributed by atoms with van der Waals surface area (Å²) in [6.07, 6.45) is 4.77. The van der Waals surface area contributed by atoms with Crippen LogP contribution in [0.4, 0.5) is 0 Å². The van der Waals surface area contributed by atoms with Gasteiger partial charge in [0.15, 0.2) is 0 Å². The summed E-state index contributed by atoms with van der Waals surface area (Å²) in [6.45, 7) is 13.1. The second-order valence-corrected chi connectivity index (χ2v) is 7.03. The standard InChI is InChI=1S/C16H31N3O/c1-7-14(8-2)19-10-9-13(18-19)11-16(6,20)12-17-15(3,4)5/h9-10,14,17,20H,7-8,11-12H2,1-6H3. The number of hydrogen-bond donors (Lipinski definition) is 2. The Kier molecular flexibility index (Phi) is 5.78. The summed E-state index contributed by atoms with van der Waals surface area (Å²) < 4.78 is 2.03. The van der Waals surface area contributed by atoms with Crippen molar-refractivity contribution >= 4 is 0 Å². The molecule has 0 aliphatic rings. The largest absolute Gasteiger partial charge is 0.388 e. The first-order chi connectivity index (χ1) is 9.17. The molecular formula is C16H31N3O. The van der Waals surface area contributed by atoms with Crippen LogP contribution in [0.1, 0.15) is 66.1 Å². The third-order valence-corrected chi connectivity index (χ3v) is 3.54. The Labute approximate surface area is 123 Å². The summed E-state index contributed by atoms with van der Waals surface area (Å²) in [5.41, 5.74) is 0.191. The van der Waals surface area contributed by atoms with Crippen LogP contribution in [-0.4, -0.2) is 32.6 Å². The zero-order valence-corrected chi connectivity index (χ0v) is 13.9. The predicted molar refractivity (Wildman–Crippen MR) is 83.9 cm³/mol. The number of hydrogen-bond acceptors (Lipinski definition) is 3.